The molecule has 1 heterocycles. The van der Waals surface area contributed by atoms with Gasteiger partial charge in [-0.2, -0.15) is 0 Å². The Labute approximate surface area is 92.5 Å². The molecule has 76 valence electrons. The number of rotatable bonds is 1. The molecular formula is C11H14BrNO. The third kappa shape index (κ3) is 2.00. The van der Waals surface area contributed by atoms with E-state index in [-0.39, 0.29) is 0 Å². The first-order valence-corrected chi connectivity index (χ1v) is 5.69. The maximum atomic E-state index is 10.4. The number of piperidine rings is 1. The molecule has 3 heteroatoms. The number of hydrogen-bond acceptors (Lipinski definition) is 2. The second-order valence-corrected chi connectivity index (χ2v) is 4.73. The molecule has 1 aliphatic heterocycles. The quantitative estimate of drug-likeness (QED) is 0.805. The van der Waals surface area contributed by atoms with Gasteiger partial charge in [0.1, 0.15) is 5.60 Å². The summed E-state index contributed by atoms with van der Waals surface area (Å²) in [6.07, 6.45) is 1.88. The van der Waals surface area contributed by atoms with Crippen molar-refractivity contribution in [2.75, 3.05) is 13.1 Å². The van der Waals surface area contributed by atoms with Gasteiger partial charge in [0.2, 0.25) is 0 Å². The van der Waals surface area contributed by atoms with Crippen LogP contribution in [0.3, 0.4) is 0 Å². The lowest BCUT2D eigenvalue weighted by Gasteiger charge is -2.33. The van der Waals surface area contributed by atoms with E-state index in [4.69, 9.17) is 0 Å². The van der Waals surface area contributed by atoms with Crippen LogP contribution >= 0.6 is 15.9 Å². The largest absolute Gasteiger partial charge is 0.384 e. The maximum absolute atomic E-state index is 10.4. The molecule has 0 saturated carbocycles. The van der Waals surface area contributed by atoms with Crippen LogP contribution in [0.2, 0.25) is 0 Å². The summed E-state index contributed by atoms with van der Waals surface area (Å²) in [6.45, 7) is 1.67. The topological polar surface area (TPSA) is 32.3 Å². The lowest BCUT2D eigenvalue weighted by molar-refractivity contribution is 0.0123. The average molecular weight is 256 g/mol. The molecule has 2 nitrogen and oxygen atoms in total. The number of β-amino-alcohol motifs (C(OH)–C–C–N with tert-alkyl or cyclic N) is 1. The predicted octanol–water partition coefficient (Wildman–Crippen LogP) is 2.02. The van der Waals surface area contributed by atoms with Crippen molar-refractivity contribution >= 4 is 15.9 Å². The third-order valence-corrected chi connectivity index (χ3v) is 3.27. The van der Waals surface area contributed by atoms with Gasteiger partial charge in [-0.25, -0.2) is 0 Å². The summed E-state index contributed by atoms with van der Waals surface area (Å²) in [5.41, 5.74) is 0.340. The van der Waals surface area contributed by atoms with Gasteiger partial charge in [-0.3, -0.25) is 0 Å². The first-order valence-electron chi connectivity index (χ1n) is 4.90. The zero-order valence-corrected chi connectivity index (χ0v) is 9.55. The Hall–Kier alpha value is -0.380. The van der Waals surface area contributed by atoms with Gasteiger partial charge in [0.15, 0.2) is 0 Å². The molecule has 0 aliphatic carbocycles. The number of hydrogen-bond donors (Lipinski definition) is 2. The van der Waals surface area contributed by atoms with E-state index in [1.807, 2.05) is 24.3 Å². The van der Waals surface area contributed by atoms with Crippen LogP contribution in [0.15, 0.2) is 28.7 Å². The molecule has 0 amide bonds. The summed E-state index contributed by atoms with van der Waals surface area (Å²) in [5.74, 6) is 0. The molecule has 0 aromatic heterocycles. The minimum absolute atomic E-state index is 0.661. The van der Waals surface area contributed by atoms with Crippen molar-refractivity contribution in [3.8, 4) is 0 Å². The van der Waals surface area contributed by atoms with Gasteiger partial charge in [-0.1, -0.05) is 28.1 Å². The van der Waals surface area contributed by atoms with E-state index in [1.54, 1.807) is 0 Å². The first-order chi connectivity index (χ1) is 6.71. The van der Waals surface area contributed by atoms with Crippen LogP contribution in [0.4, 0.5) is 0 Å². The predicted molar refractivity (Wildman–Crippen MR) is 60.1 cm³/mol. The van der Waals surface area contributed by atoms with Crippen molar-refractivity contribution < 1.29 is 5.11 Å². The number of nitrogens with one attached hydrogen (secondary N) is 1. The normalized spacial score (nSPS) is 27.6. The lowest BCUT2D eigenvalue weighted by Crippen LogP contribution is -2.43. The van der Waals surface area contributed by atoms with Gasteiger partial charge in [0.05, 0.1) is 0 Å². The van der Waals surface area contributed by atoms with Crippen LogP contribution in [0, 0.1) is 0 Å². The van der Waals surface area contributed by atoms with E-state index in [1.165, 1.54) is 0 Å². The highest BCUT2D eigenvalue weighted by Gasteiger charge is 2.30. The SMILES string of the molecule is OC1(c2ccc(Br)cc2)CCCNC1. The Morgan fingerprint density at radius 1 is 1.29 bits per heavy atom. The van der Waals surface area contributed by atoms with E-state index in [2.05, 4.69) is 21.2 Å². The van der Waals surface area contributed by atoms with E-state index in [0.717, 1.165) is 29.4 Å². The van der Waals surface area contributed by atoms with Crippen molar-refractivity contribution in [2.24, 2.45) is 0 Å². The molecule has 1 aromatic rings. The van der Waals surface area contributed by atoms with E-state index in [9.17, 15) is 5.11 Å². The van der Waals surface area contributed by atoms with Crippen LogP contribution in [-0.2, 0) is 5.60 Å². The Morgan fingerprint density at radius 2 is 2.00 bits per heavy atom. The van der Waals surface area contributed by atoms with Crippen molar-refractivity contribution in [2.45, 2.75) is 18.4 Å². The molecule has 0 radical (unpaired) electrons. The number of halogens is 1. The zero-order valence-electron chi connectivity index (χ0n) is 7.96. The van der Waals surface area contributed by atoms with Gasteiger partial charge in [0, 0.05) is 11.0 Å². The molecule has 2 rings (SSSR count). The van der Waals surface area contributed by atoms with Crippen molar-refractivity contribution in [3.63, 3.8) is 0 Å². The molecule has 14 heavy (non-hydrogen) atoms. The summed E-state index contributed by atoms with van der Waals surface area (Å²) in [5, 5.41) is 13.6. The molecule has 1 aromatic carbocycles. The molecule has 1 aliphatic rings. The second kappa shape index (κ2) is 4.01. The molecule has 0 bridgehead atoms. The standard InChI is InChI=1S/C11H14BrNO/c12-10-4-2-9(3-5-10)11(14)6-1-7-13-8-11/h2-5,13-14H,1,6-8H2. The third-order valence-electron chi connectivity index (χ3n) is 2.74. The van der Waals surface area contributed by atoms with Gasteiger partial charge >= 0.3 is 0 Å². The summed E-state index contributed by atoms with van der Waals surface area (Å²) in [6, 6.07) is 7.91. The molecule has 1 fully saturated rings. The van der Waals surface area contributed by atoms with Gasteiger partial charge < -0.3 is 10.4 Å². The summed E-state index contributed by atoms with van der Waals surface area (Å²) < 4.78 is 1.05. The second-order valence-electron chi connectivity index (χ2n) is 3.82. The van der Waals surface area contributed by atoms with E-state index >= 15 is 0 Å². The fourth-order valence-electron chi connectivity index (χ4n) is 1.90. The molecular weight excluding hydrogens is 242 g/mol. The molecule has 1 atom stereocenters. The Morgan fingerprint density at radius 3 is 2.57 bits per heavy atom. The Balaban J connectivity index is 2.23. The summed E-state index contributed by atoms with van der Waals surface area (Å²) >= 11 is 3.39. The van der Waals surface area contributed by atoms with E-state index < -0.39 is 5.60 Å². The number of benzene rings is 1. The molecule has 1 unspecified atom stereocenters. The minimum atomic E-state index is -0.668. The van der Waals surface area contributed by atoms with Gasteiger partial charge in [0.25, 0.3) is 0 Å². The zero-order chi connectivity index (χ0) is 10.0. The van der Waals surface area contributed by atoms with Crippen molar-refractivity contribution in [1.82, 2.24) is 5.32 Å². The van der Waals surface area contributed by atoms with Crippen LogP contribution in [-0.4, -0.2) is 18.2 Å². The highest BCUT2D eigenvalue weighted by Crippen LogP contribution is 2.28. The summed E-state index contributed by atoms with van der Waals surface area (Å²) in [7, 11) is 0. The van der Waals surface area contributed by atoms with Gasteiger partial charge in [-0.05, 0) is 37.1 Å². The highest BCUT2D eigenvalue weighted by molar-refractivity contribution is 9.10. The van der Waals surface area contributed by atoms with Crippen LogP contribution in [0.5, 0.6) is 0 Å². The maximum Gasteiger partial charge on any atom is 0.102 e. The fourth-order valence-corrected chi connectivity index (χ4v) is 2.16. The van der Waals surface area contributed by atoms with Crippen molar-refractivity contribution in [3.05, 3.63) is 34.3 Å². The Kier molecular flexibility index (Phi) is 2.91. The highest BCUT2D eigenvalue weighted by atomic mass is 79.9. The van der Waals surface area contributed by atoms with E-state index in [0.29, 0.717) is 6.54 Å². The van der Waals surface area contributed by atoms with Crippen LogP contribution in [0.1, 0.15) is 18.4 Å². The first kappa shape index (κ1) is 10.1. The monoisotopic (exact) mass is 255 g/mol. The molecule has 1 saturated heterocycles. The number of aliphatic hydroxyl groups is 1. The minimum Gasteiger partial charge on any atom is -0.384 e. The molecule has 2 N–H and O–H groups in total. The molecule has 0 spiro atoms. The summed E-state index contributed by atoms with van der Waals surface area (Å²) in [4.78, 5) is 0. The fraction of sp³-hybridized carbons (Fsp3) is 0.455. The van der Waals surface area contributed by atoms with Gasteiger partial charge in [-0.15, -0.1) is 0 Å². The Bertz CT molecular complexity index is 304. The lowest BCUT2D eigenvalue weighted by atomic mass is 9.87. The smallest absolute Gasteiger partial charge is 0.102 e. The average Bonchev–Trinajstić information content (AvgIpc) is 2.19. The van der Waals surface area contributed by atoms with Crippen LogP contribution in [0.25, 0.3) is 0 Å². The van der Waals surface area contributed by atoms with Crippen LogP contribution < -0.4 is 5.32 Å². The van der Waals surface area contributed by atoms with Crippen molar-refractivity contribution in [1.29, 1.82) is 0 Å².